The van der Waals surface area contributed by atoms with Crippen LogP contribution in [0.2, 0.25) is 0 Å². The lowest BCUT2D eigenvalue weighted by Crippen LogP contribution is -2.20. The number of aryl methyl sites for hydroxylation is 1. The van der Waals surface area contributed by atoms with E-state index in [2.05, 4.69) is 26.3 Å². The Hall–Kier alpha value is -0.940. The minimum Gasteiger partial charge on any atom is -0.308 e. The van der Waals surface area contributed by atoms with E-state index in [0.717, 1.165) is 15.7 Å². The molecule has 0 N–H and O–H groups in total. The van der Waals surface area contributed by atoms with E-state index in [0.29, 0.717) is 12.5 Å². The van der Waals surface area contributed by atoms with Gasteiger partial charge in [-0.15, -0.1) is 11.3 Å². The molecule has 3 nitrogen and oxygen atoms in total. The van der Waals surface area contributed by atoms with E-state index < -0.39 is 0 Å². The van der Waals surface area contributed by atoms with Crippen LogP contribution in [0.25, 0.3) is 0 Å². The maximum atomic E-state index is 11.9. The molecule has 0 bridgehead atoms. The molecule has 5 heteroatoms. The van der Waals surface area contributed by atoms with Crippen LogP contribution < -0.4 is 5.56 Å². The molecule has 2 heterocycles. The van der Waals surface area contributed by atoms with Gasteiger partial charge in [0.15, 0.2) is 0 Å². The first-order valence-corrected chi connectivity index (χ1v) is 7.61. The average Bonchev–Trinajstić information content (AvgIpc) is 3.07. The maximum Gasteiger partial charge on any atom is 0.251 e. The molecule has 0 amide bonds. The molecular formula is C13H13BrN2OS. The van der Waals surface area contributed by atoms with Crippen LogP contribution >= 0.6 is 27.3 Å². The molecule has 2 aromatic heterocycles. The van der Waals surface area contributed by atoms with E-state index in [1.807, 2.05) is 13.1 Å². The molecule has 94 valence electrons. The summed E-state index contributed by atoms with van der Waals surface area (Å²) in [5.41, 5.74) is 1.98. The molecule has 0 unspecified atom stereocenters. The summed E-state index contributed by atoms with van der Waals surface area (Å²) in [6, 6.07) is 1.65. The quantitative estimate of drug-likeness (QED) is 0.868. The number of thiazole rings is 1. The maximum absolute atomic E-state index is 11.9. The number of hydrogen-bond acceptors (Lipinski definition) is 3. The highest BCUT2D eigenvalue weighted by Gasteiger charge is 2.26. The van der Waals surface area contributed by atoms with Crippen molar-refractivity contribution in [3.05, 3.63) is 48.7 Å². The van der Waals surface area contributed by atoms with Crippen molar-refractivity contribution in [2.75, 3.05) is 0 Å². The Balaban J connectivity index is 1.86. The van der Waals surface area contributed by atoms with E-state index in [-0.39, 0.29) is 5.56 Å². The molecule has 0 aliphatic heterocycles. The van der Waals surface area contributed by atoms with Crippen molar-refractivity contribution in [2.24, 2.45) is 0 Å². The summed E-state index contributed by atoms with van der Waals surface area (Å²) in [4.78, 5) is 16.5. The molecule has 1 saturated carbocycles. The van der Waals surface area contributed by atoms with Crippen molar-refractivity contribution in [3.8, 4) is 0 Å². The van der Waals surface area contributed by atoms with Crippen LogP contribution in [0.5, 0.6) is 0 Å². The van der Waals surface area contributed by atoms with Gasteiger partial charge in [-0.25, -0.2) is 4.98 Å². The Morgan fingerprint density at radius 3 is 3.06 bits per heavy atom. The zero-order valence-electron chi connectivity index (χ0n) is 10.0. The van der Waals surface area contributed by atoms with Gasteiger partial charge < -0.3 is 4.57 Å². The summed E-state index contributed by atoms with van der Waals surface area (Å²) in [5, 5.41) is 3.29. The fourth-order valence-electron chi connectivity index (χ4n) is 1.85. The smallest absolute Gasteiger partial charge is 0.251 e. The number of nitrogens with zero attached hydrogens (tertiary/aromatic N) is 2. The van der Waals surface area contributed by atoms with E-state index in [9.17, 15) is 4.79 Å². The molecule has 2 aromatic rings. The Kier molecular flexibility index (Phi) is 3.11. The highest BCUT2D eigenvalue weighted by Crippen LogP contribution is 2.41. The lowest BCUT2D eigenvalue weighted by atomic mass is 10.3. The van der Waals surface area contributed by atoms with Gasteiger partial charge in [0.05, 0.1) is 17.2 Å². The van der Waals surface area contributed by atoms with Crippen molar-refractivity contribution >= 4 is 27.3 Å². The van der Waals surface area contributed by atoms with Crippen molar-refractivity contribution in [2.45, 2.75) is 32.2 Å². The molecular weight excluding hydrogens is 312 g/mol. The molecule has 1 fully saturated rings. The monoisotopic (exact) mass is 324 g/mol. The van der Waals surface area contributed by atoms with Crippen LogP contribution in [0.3, 0.4) is 0 Å². The summed E-state index contributed by atoms with van der Waals surface area (Å²) < 4.78 is 2.66. The zero-order valence-corrected chi connectivity index (χ0v) is 12.4. The van der Waals surface area contributed by atoms with Crippen LogP contribution in [0.15, 0.2) is 26.9 Å². The first-order valence-electron chi connectivity index (χ1n) is 5.94. The lowest BCUT2D eigenvalue weighted by Gasteiger charge is -2.05. The second-order valence-corrected chi connectivity index (χ2v) is 6.47. The van der Waals surface area contributed by atoms with Gasteiger partial charge in [0.1, 0.15) is 0 Å². The van der Waals surface area contributed by atoms with Gasteiger partial charge in [0, 0.05) is 28.0 Å². The fourth-order valence-corrected chi connectivity index (χ4v) is 3.19. The van der Waals surface area contributed by atoms with E-state index >= 15 is 0 Å². The Morgan fingerprint density at radius 2 is 2.33 bits per heavy atom. The number of rotatable bonds is 3. The van der Waals surface area contributed by atoms with Gasteiger partial charge in [-0.2, -0.15) is 0 Å². The molecule has 3 rings (SSSR count). The summed E-state index contributed by atoms with van der Waals surface area (Å²) in [5.74, 6) is 0.685. The molecule has 0 saturated heterocycles. The Bertz CT molecular complexity index is 643. The third kappa shape index (κ3) is 2.42. The van der Waals surface area contributed by atoms with Crippen molar-refractivity contribution in [1.82, 2.24) is 9.55 Å². The minimum absolute atomic E-state index is 0.0247. The summed E-state index contributed by atoms with van der Waals surface area (Å²) in [6.45, 7) is 2.48. The summed E-state index contributed by atoms with van der Waals surface area (Å²) in [6.07, 6.45) is 4.37. The van der Waals surface area contributed by atoms with E-state index in [4.69, 9.17) is 0 Å². The first-order chi connectivity index (χ1) is 8.63. The molecule has 0 atom stereocenters. The van der Waals surface area contributed by atoms with Gasteiger partial charge in [-0.05, 0) is 41.3 Å². The Morgan fingerprint density at radius 1 is 1.56 bits per heavy atom. The Labute approximate surface area is 118 Å². The summed E-state index contributed by atoms with van der Waals surface area (Å²) >= 11 is 5.17. The van der Waals surface area contributed by atoms with Gasteiger partial charge >= 0.3 is 0 Å². The van der Waals surface area contributed by atoms with Crippen LogP contribution in [-0.2, 0) is 6.54 Å². The van der Waals surface area contributed by atoms with Gasteiger partial charge in [-0.1, -0.05) is 0 Å². The van der Waals surface area contributed by atoms with Crippen LogP contribution in [0.4, 0.5) is 0 Å². The average molecular weight is 325 g/mol. The normalized spacial score (nSPS) is 15.0. The largest absolute Gasteiger partial charge is 0.308 e. The zero-order chi connectivity index (χ0) is 12.7. The van der Waals surface area contributed by atoms with Crippen molar-refractivity contribution < 1.29 is 0 Å². The fraction of sp³-hybridized carbons (Fsp3) is 0.385. The molecule has 1 aliphatic carbocycles. The standard InChI is InChI=1S/C13H13BrN2OS/c1-8-4-12(17)16(6-11(8)14)5-10-7-18-13(15-10)9-2-3-9/h4,6-7,9H,2-3,5H2,1H3. The van der Waals surface area contributed by atoms with Crippen LogP contribution in [-0.4, -0.2) is 9.55 Å². The van der Waals surface area contributed by atoms with Crippen LogP contribution in [0.1, 0.15) is 35.0 Å². The molecule has 1 aliphatic rings. The third-order valence-electron chi connectivity index (χ3n) is 3.10. The number of halogens is 1. The predicted molar refractivity (Wildman–Crippen MR) is 76.3 cm³/mol. The van der Waals surface area contributed by atoms with Crippen molar-refractivity contribution in [3.63, 3.8) is 0 Å². The second kappa shape index (κ2) is 4.63. The highest BCUT2D eigenvalue weighted by atomic mass is 79.9. The van der Waals surface area contributed by atoms with E-state index in [1.54, 1.807) is 22.0 Å². The third-order valence-corrected chi connectivity index (χ3v) is 4.98. The minimum atomic E-state index is 0.0247. The number of pyridine rings is 1. The van der Waals surface area contributed by atoms with Gasteiger partial charge in [0.25, 0.3) is 5.56 Å². The first kappa shape index (κ1) is 12.1. The molecule has 0 spiro atoms. The predicted octanol–water partition coefficient (Wildman–Crippen LogP) is 3.30. The number of hydrogen-bond donors (Lipinski definition) is 0. The molecule has 18 heavy (non-hydrogen) atoms. The SMILES string of the molecule is Cc1cc(=O)n(Cc2csc(C3CC3)n2)cc1Br. The van der Waals surface area contributed by atoms with Gasteiger partial charge in [0.2, 0.25) is 0 Å². The highest BCUT2D eigenvalue weighted by molar-refractivity contribution is 9.10. The topological polar surface area (TPSA) is 34.9 Å². The molecule has 0 radical (unpaired) electrons. The van der Waals surface area contributed by atoms with Crippen molar-refractivity contribution in [1.29, 1.82) is 0 Å². The second-order valence-electron chi connectivity index (χ2n) is 4.72. The lowest BCUT2D eigenvalue weighted by molar-refractivity contribution is 0.735. The number of aromatic nitrogens is 2. The molecule has 0 aromatic carbocycles. The summed E-state index contributed by atoms with van der Waals surface area (Å²) in [7, 11) is 0. The van der Waals surface area contributed by atoms with E-state index in [1.165, 1.54) is 17.8 Å². The van der Waals surface area contributed by atoms with Crippen LogP contribution in [0, 0.1) is 6.92 Å². The van der Waals surface area contributed by atoms with Gasteiger partial charge in [-0.3, -0.25) is 4.79 Å².